The zero-order valence-electron chi connectivity index (χ0n) is 11.7. The molecule has 1 saturated carbocycles. The van der Waals surface area contributed by atoms with Gasteiger partial charge in [-0.2, -0.15) is 0 Å². The standard InChI is InChI=1S/C14H24N4/c1-11(2)7-15-8-12-9-17-14(10-16-12)18(3)13-5-4-6-13/h9-11,13,15H,4-8H2,1-3H3. The number of nitrogens with zero attached hydrogens (tertiary/aromatic N) is 3. The summed E-state index contributed by atoms with van der Waals surface area (Å²) in [5, 5.41) is 3.38. The molecule has 1 N–H and O–H groups in total. The van der Waals surface area contributed by atoms with Gasteiger partial charge in [0.05, 0.1) is 18.1 Å². The van der Waals surface area contributed by atoms with Crippen LogP contribution in [-0.4, -0.2) is 29.6 Å². The molecule has 0 bridgehead atoms. The molecule has 1 fully saturated rings. The molecule has 1 aromatic heterocycles. The first-order chi connectivity index (χ1) is 8.66. The molecule has 4 nitrogen and oxygen atoms in total. The van der Waals surface area contributed by atoms with Gasteiger partial charge in [0.15, 0.2) is 0 Å². The number of anilines is 1. The molecule has 0 radical (unpaired) electrons. The van der Waals surface area contributed by atoms with E-state index in [0.29, 0.717) is 12.0 Å². The van der Waals surface area contributed by atoms with E-state index in [1.807, 2.05) is 12.4 Å². The Bertz CT molecular complexity index is 357. The summed E-state index contributed by atoms with van der Waals surface area (Å²) in [5.74, 6) is 1.66. The maximum absolute atomic E-state index is 4.50. The van der Waals surface area contributed by atoms with Gasteiger partial charge >= 0.3 is 0 Å². The van der Waals surface area contributed by atoms with Crippen LogP contribution in [0.4, 0.5) is 5.82 Å². The molecule has 100 valence electrons. The Morgan fingerprint density at radius 2 is 2.11 bits per heavy atom. The Kier molecular flexibility index (Phi) is 4.53. The largest absolute Gasteiger partial charge is 0.355 e. The number of aromatic nitrogens is 2. The molecule has 18 heavy (non-hydrogen) atoms. The van der Waals surface area contributed by atoms with Crippen LogP contribution in [0.3, 0.4) is 0 Å². The van der Waals surface area contributed by atoms with Crippen molar-refractivity contribution in [3.05, 3.63) is 18.1 Å². The molecule has 0 unspecified atom stereocenters. The molecule has 1 aliphatic rings. The number of nitrogens with one attached hydrogen (secondary N) is 1. The third kappa shape index (κ3) is 3.42. The maximum atomic E-state index is 4.50. The molecular formula is C14H24N4. The van der Waals surface area contributed by atoms with Gasteiger partial charge < -0.3 is 10.2 Å². The highest BCUT2D eigenvalue weighted by atomic mass is 15.2. The van der Waals surface area contributed by atoms with E-state index < -0.39 is 0 Å². The van der Waals surface area contributed by atoms with Crippen LogP contribution in [0.15, 0.2) is 12.4 Å². The van der Waals surface area contributed by atoms with E-state index in [-0.39, 0.29) is 0 Å². The summed E-state index contributed by atoms with van der Waals surface area (Å²) in [6.07, 6.45) is 7.70. The highest BCUT2D eigenvalue weighted by molar-refractivity contribution is 5.36. The second-order valence-electron chi connectivity index (χ2n) is 5.59. The van der Waals surface area contributed by atoms with Crippen LogP contribution in [-0.2, 0) is 6.54 Å². The lowest BCUT2D eigenvalue weighted by Crippen LogP contribution is -2.37. The van der Waals surface area contributed by atoms with Crippen molar-refractivity contribution in [2.24, 2.45) is 5.92 Å². The van der Waals surface area contributed by atoms with Crippen LogP contribution in [0.5, 0.6) is 0 Å². The van der Waals surface area contributed by atoms with Gasteiger partial charge in [-0.25, -0.2) is 4.98 Å². The first kappa shape index (κ1) is 13.3. The van der Waals surface area contributed by atoms with Gasteiger partial charge in [-0.15, -0.1) is 0 Å². The topological polar surface area (TPSA) is 41.1 Å². The first-order valence-electron chi connectivity index (χ1n) is 6.91. The molecule has 0 aromatic carbocycles. The summed E-state index contributed by atoms with van der Waals surface area (Å²) in [7, 11) is 2.12. The molecule has 0 spiro atoms. The van der Waals surface area contributed by atoms with Crippen molar-refractivity contribution in [3.63, 3.8) is 0 Å². The van der Waals surface area contributed by atoms with Gasteiger partial charge in [0.1, 0.15) is 5.82 Å². The van der Waals surface area contributed by atoms with Gasteiger partial charge in [-0.1, -0.05) is 13.8 Å². The summed E-state index contributed by atoms with van der Waals surface area (Å²) in [5.41, 5.74) is 1.02. The highest BCUT2D eigenvalue weighted by Crippen LogP contribution is 2.26. The number of rotatable bonds is 6. The lowest BCUT2D eigenvalue weighted by molar-refractivity contribution is 0.399. The first-order valence-corrected chi connectivity index (χ1v) is 6.91. The summed E-state index contributed by atoms with van der Waals surface area (Å²) in [4.78, 5) is 11.2. The number of hydrogen-bond donors (Lipinski definition) is 1. The predicted molar refractivity (Wildman–Crippen MR) is 74.6 cm³/mol. The van der Waals surface area contributed by atoms with Gasteiger partial charge in [0.2, 0.25) is 0 Å². The van der Waals surface area contributed by atoms with Gasteiger partial charge in [-0.3, -0.25) is 4.98 Å². The molecule has 0 aliphatic heterocycles. The minimum Gasteiger partial charge on any atom is -0.355 e. The molecule has 0 saturated heterocycles. The quantitative estimate of drug-likeness (QED) is 0.838. The summed E-state index contributed by atoms with van der Waals surface area (Å²) >= 11 is 0. The minimum absolute atomic E-state index is 0.669. The van der Waals surface area contributed by atoms with E-state index in [0.717, 1.165) is 24.6 Å². The van der Waals surface area contributed by atoms with Crippen molar-refractivity contribution >= 4 is 5.82 Å². The fourth-order valence-electron chi connectivity index (χ4n) is 2.07. The smallest absolute Gasteiger partial charge is 0.147 e. The Hall–Kier alpha value is -1.16. The van der Waals surface area contributed by atoms with Crippen LogP contribution >= 0.6 is 0 Å². The Morgan fingerprint density at radius 3 is 2.61 bits per heavy atom. The van der Waals surface area contributed by atoms with Crippen molar-refractivity contribution in [3.8, 4) is 0 Å². The highest BCUT2D eigenvalue weighted by Gasteiger charge is 2.22. The normalized spacial score (nSPS) is 15.8. The van der Waals surface area contributed by atoms with Crippen molar-refractivity contribution < 1.29 is 0 Å². The third-order valence-electron chi connectivity index (χ3n) is 3.53. The SMILES string of the molecule is CC(C)CNCc1cnc(N(C)C2CCC2)cn1. The zero-order valence-corrected chi connectivity index (χ0v) is 11.7. The lowest BCUT2D eigenvalue weighted by atomic mass is 9.92. The Balaban J connectivity index is 1.84. The van der Waals surface area contributed by atoms with Crippen LogP contribution in [0.1, 0.15) is 38.8 Å². The van der Waals surface area contributed by atoms with E-state index in [9.17, 15) is 0 Å². The Labute approximate surface area is 110 Å². The van der Waals surface area contributed by atoms with Gasteiger partial charge in [0.25, 0.3) is 0 Å². The Morgan fingerprint density at radius 1 is 1.33 bits per heavy atom. The van der Waals surface area contributed by atoms with E-state index >= 15 is 0 Å². The third-order valence-corrected chi connectivity index (χ3v) is 3.53. The van der Waals surface area contributed by atoms with E-state index in [2.05, 4.69) is 41.1 Å². The second-order valence-corrected chi connectivity index (χ2v) is 5.59. The van der Waals surface area contributed by atoms with Crippen LogP contribution < -0.4 is 10.2 Å². The molecule has 0 amide bonds. The number of hydrogen-bond acceptors (Lipinski definition) is 4. The summed E-state index contributed by atoms with van der Waals surface area (Å²) in [6, 6.07) is 0.671. The molecule has 1 heterocycles. The fourth-order valence-corrected chi connectivity index (χ4v) is 2.07. The molecule has 1 aliphatic carbocycles. The molecule has 4 heteroatoms. The maximum Gasteiger partial charge on any atom is 0.147 e. The van der Waals surface area contributed by atoms with Crippen LogP contribution in [0.2, 0.25) is 0 Å². The molecular weight excluding hydrogens is 224 g/mol. The lowest BCUT2D eigenvalue weighted by Gasteiger charge is -2.35. The fraction of sp³-hybridized carbons (Fsp3) is 0.714. The average Bonchev–Trinajstić information content (AvgIpc) is 2.27. The average molecular weight is 248 g/mol. The van der Waals surface area contributed by atoms with Crippen LogP contribution in [0.25, 0.3) is 0 Å². The van der Waals surface area contributed by atoms with Crippen molar-refractivity contribution in [2.75, 3.05) is 18.5 Å². The minimum atomic E-state index is 0.669. The molecule has 0 atom stereocenters. The van der Waals surface area contributed by atoms with Crippen molar-refractivity contribution in [1.29, 1.82) is 0 Å². The second kappa shape index (κ2) is 6.14. The van der Waals surface area contributed by atoms with E-state index in [1.165, 1.54) is 19.3 Å². The molecule has 1 aromatic rings. The van der Waals surface area contributed by atoms with Gasteiger partial charge in [-0.05, 0) is 31.7 Å². The van der Waals surface area contributed by atoms with E-state index in [4.69, 9.17) is 0 Å². The predicted octanol–water partition coefficient (Wildman–Crippen LogP) is 2.21. The summed E-state index contributed by atoms with van der Waals surface area (Å²) < 4.78 is 0. The summed E-state index contributed by atoms with van der Waals surface area (Å²) in [6.45, 7) is 6.23. The van der Waals surface area contributed by atoms with Crippen molar-refractivity contribution in [1.82, 2.24) is 15.3 Å². The van der Waals surface area contributed by atoms with Crippen LogP contribution in [0, 0.1) is 5.92 Å². The molecule has 2 rings (SSSR count). The monoisotopic (exact) mass is 248 g/mol. The van der Waals surface area contributed by atoms with E-state index in [1.54, 1.807) is 0 Å². The van der Waals surface area contributed by atoms with Gasteiger partial charge in [0, 0.05) is 19.6 Å². The zero-order chi connectivity index (χ0) is 13.0. The van der Waals surface area contributed by atoms with Crippen molar-refractivity contribution in [2.45, 2.75) is 45.7 Å².